The number of carboxylic acid groups (broad SMARTS) is 1. The first-order chi connectivity index (χ1) is 13.3. The zero-order valence-corrected chi connectivity index (χ0v) is 17.0. The second-order valence-electron chi connectivity index (χ2n) is 7.31. The molecule has 166 valence electrons. The summed E-state index contributed by atoms with van der Waals surface area (Å²) in [6.07, 6.45) is -0.623. The van der Waals surface area contributed by atoms with E-state index in [0.717, 1.165) is 0 Å². The van der Waals surface area contributed by atoms with E-state index in [4.69, 9.17) is 16.6 Å². The second-order valence-corrected chi connectivity index (χ2v) is 7.31. The lowest BCUT2D eigenvalue weighted by molar-refractivity contribution is -0.144. The minimum Gasteiger partial charge on any atom is -0.480 e. The number of nitrogens with two attached hydrogens (primary N) is 2. The van der Waals surface area contributed by atoms with Gasteiger partial charge in [0.05, 0.1) is 19.1 Å². The van der Waals surface area contributed by atoms with E-state index >= 15 is 0 Å². The molecule has 0 heterocycles. The highest BCUT2D eigenvalue weighted by Crippen LogP contribution is 2.05. The summed E-state index contributed by atoms with van der Waals surface area (Å²) in [5.41, 5.74) is 10.7. The van der Waals surface area contributed by atoms with Crippen LogP contribution < -0.4 is 27.4 Å². The molecule has 0 radical (unpaired) electrons. The molecule has 0 rings (SSSR count). The maximum Gasteiger partial charge on any atom is 0.326 e. The molecule has 0 saturated heterocycles. The number of carbonyl (C=O) groups is 5. The number of rotatable bonds is 12. The molecular formula is C17H31N5O7. The highest BCUT2D eigenvalue weighted by Gasteiger charge is 2.32. The van der Waals surface area contributed by atoms with Crippen molar-refractivity contribution in [1.82, 2.24) is 16.0 Å². The van der Waals surface area contributed by atoms with Gasteiger partial charge >= 0.3 is 5.97 Å². The zero-order chi connectivity index (χ0) is 22.9. The van der Waals surface area contributed by atoms with Crippen molar-refractivity contribution in [2.24, 2.45) is 23.3 Å². The molecular weight excluding hydrogens is 386 g/mol. The standard InChI is InChI=1S/C17H31N5O7/c1-7(2)12(19)15(26)21-10(6-23)14(25)22-13(8(3)4)16(27)20-9(17(28)29)5-11(18)24/h7-10,12-13,23H,5-6,19H2,1-4H3,(H2,18,24)(H,20,27)(H,21,26)(H,22,25)(H,28,29). The molecule has 29 heavy (non-hydrogen) atoms. The predicted molar refractivity (Wildman–Crippen MR) is 102 cm³/mol. The first kappa shape index (κ1) is 26.3. The van der Waals surface area contributed by atoms with Gasteiger partial charge < -0.3 is 37.6 Å². The quantitative estimate of drug-likeness (QED) is 0.174. The van der Waals surface area contributed by atoms with Crippen LogP contribution in [-0.2, 0) is 24.0 Å². The Labute approximate surface area is 168 Å². The summed E-state index contributed by atoms with van der Waals surface area (Å²) < 4.78 is 0. The van der Waals surface area contributed by atoms with E-state index in [1.54, 1.807) is 27.7 Å². The van der Waals surface area contributed by atoms with Crippen molar-refractivity contribution in [2.75, 3.05) is 6.61 Å². The first-order valence-corrected chi connectivity index (χ1v) is 9.10. The van der Waals surface area contributed by atoms with E-state index in [-0.39, 0.29) is 5.92 Å². The lowest BCUT2D eigenvalue weighted by Gasteiger charge is -2.26. The number of hydrogen-bond donors (Lipinski definition) is 7. The van der Waals surface area contributed by atoms with Crippen molar-refractivity contribution in [3.63, 3.8) is 0 Å². The third kappa shape index (κ3) is 8.87. The van der Waals surface area contributed by atoms with Crippen LogP contribution in [0.25, 0.3) is 0 Å². The third-order valence-corrected chi connectivity index (χ3v) is 4.10. The van der Waals surface area contributed by atoms with E-state index in [1.807, 2.05) is 0 Å². The summed E-state index contributed by atoms with van der Waals surface area (Å²) in [7, 11) is 0. The van der Waals surface area contributed by atoms with Crippen molar-refractivity contribution < 1.29 is 34.2 Å². The van der Waals surface area contributed by atoms with Gasteiger partial charge in [-0.05, 0) is 11.8 Å². The monoisotopic (exact) mass is 417 g/mol. The van der Waals surface area contributed by atoms with E-state index < -0.39 is 72.7 Å². The zero-order valence-electron chi connectivity index (χ0n) is 17.0. The number of aliphatic hydroxyl groups is 1. The average Bonchev–Trinajstić information content (AvgIpc) is 2.61. The van der Waals surface area contributed by atoms with E-state index in [1.165, 1.54) is 0 Å². The number of carbonyl (C=O) groups excluding carboxylic acids is 4. The van der Waals surface area contributed by atoms with Gasteiger partial charge in [-0.3, -0.25) is 19.2 Å². The maximum absolute atomic E-state index is 12.4. The summed E-state index contributed by atoms with van der Waals surface area (Å²) in [5, 5.41) is 25.3. The van der Waals surface area contributed by atoms with Crippen molar-refractivity contribution in [1.29, 1.82) is 0 Å². The van der Waals surface area contributed by atoms with Gasteiger partial charge in [-0.25, -0.2) is 4.79 Å². The number of aliphatic hydroxyl groups excluding tert-OH is 1. The topological polar surface area (TPSA) is 214 Å². The average molecular weight is 417 g/mol. The molecule has 0 aliphatic heterocycles. The minimum atomic E-state index is -1.56. The predicted octanol–water partition coefficient (Wildman–Crippen LogP) is -2.97. The van der Waals surface area contributed by atoms with Crippen LogP contribution in [0.5, 0.6) is 0 Å². The fourth-order valence-electron chi connectivity index (χ4n) is 2.22. The van der Waals surface area contributed by atoms with E-state index in [0.29, 0.717) is 0 Å². The summed E-state index contributed by atoms with van der Waals surface area (Å²) in [4.78, 5) is 59.0. The molecule has 0 spiro atoms. The molecule has 0 aromatic rings. The van der Waals surface area contributed by atoms with Gasteiger partial charge in [0.25, 0.3) is 0 Å². The lowest BCUT2D eigenvalue weighted by Crippen LogP contribution is -2.59. The SMILES string of the molecule is CC(C)C(N)C(=O)NC(CO)C(=O)NC(C(=O)NC(CC(N)=O)C(=O)O)C(C)C. The highest BCUT2D eigenvalue weighted by atomic mass is 16.4. The molecule has 4 amide bonds. The van der Waals surface area contributed by atoms with Crippen molar-refractivity contribution in [2.45, 2.75) is 58.3 Å². The van der Waals surface area contributed by atoms with Gasteiger partial charge in [0, 0.05) is 0 Å². The smallest absolute Gasteiger partial charge is 0.326 e. The van der Waals surface area contributed by atoms with Gasteiger partial charge in [-0.15, -0.1) is 0 Å². The molecule has 0 fully saturated rings. The Hall–Kier alpha value is -2.73. The molecule has 12 heteroatoms. The Morgan fingerprint density at radius 3 is 1.72 bits per heavy atom. The Balaban J connectivity index is 5.22. The van der Waals surface area contributed by atoms with E-state index in [9.17, 15) is 29.1 Å². The fourth-order valence-corrected chi connectivity index (χ4v) is 2.22. The normalized spacial score (nSPS) is 15.2. The largest absolute Gasteiger partial charge is 0.480 e. The van der Waals surface area contributed by atoms with Crippen LogP contribution in [0.2, 0.25) is 0 Å². The minimum absolute atomic E-state index is 0.204. The molecule has 4 atom stereocenters. The number of hydrogen-bond acceptors (Lipinski definition) is 7. The Kier molecular flexibility index (Phi) is 10.8. The second kappa shape index (κ2) is 12.0. The molecule has 12 nitrogen and oxygen atoms in total. The Morgan fingerprint density at radius 2 is 1.34 bits per heavy atom. The third-order valence-electron chi connectivity index (χ3n) is 4.10. The summed E-state index contributed by atoms with van der Waals surface area (Å²) in [6, 6.07) is -5.01. The van der Waals surface area contributed by atoms with Crippen LogP contribution in [0.4, 0.5) is 0 Å². The molecule has 0 aliphatic rings. The van der Waals surface area contributed by atoms with Gasteiger partial charge in [0.2, 0.25) is 23.6 Å². The van der Waals surface area contributed by atoms with Crippen LogP contribution in [-0.4, -0.2) is 70.6 Å². The van der Waals surface area contributed by atoms with Gasteiger partial charge in [0.1, 0.15) is 18.1 Å². The van der Waals surface area contributed by atoms with Crippen LogP contribution in [0.3, 0.4) is 0 Å². The molecule has 0 aliphatic carbocycles. The van der Waals surface area contributed by atoms with Crippen molar-refractivity contribution >= 4 is 29.6 Å². The summed E-state index contributed by atoms with van der Waals surface area (Å²) in [5.74, 6) is -5.43. The van der Waals surface area contributed by atoms with Crippen LogP contribution in [0, 0.1) is 11.8 Å². The number of carboxylic acids is 1. The van der Waals surface area contributed by atoms with Crippen LogP contribution in [0.1, 0.15) is 34.1 Å². The van der Waals surface area contributed by atoms with Gasteiger partial charge in [-0.1, -0.05) is 27.7 Å². The number of amides is 4. The molecule has 9 N–H and O–H groups in total. The van der Waals surface area contributed by atoms with Gasteiger partial charge in [-0.2, -0.15) is 0 Å². The number of nitrogens with one attached hydrogen (secondary N) is 3. The summed E-state index contributed by atoms with van der Waals surface area (Å²) in [6.45, 7) is 5.87. The van der Waals surface area contributed by atoms with E-state index in [2.05, 4.69) is 16.0 Å². The Morgan fingerprint density at radius 1 is 0.828 bits per heavy atom. The van der Waals surface area contributed by atoms with Crippen molar-refractivity contribution in [3.05, 3.63) is 0 Å². The lowest BCUT2D eigenvalue weighted by atomic mass is 10.0. The number of aliphatic carboxylic acids is 1. The molecule has 4 unspecified atom stereocenters. The highest BCUT2D eigenvalue weighted by molar-refractivity contribution is 5.95. The number of primary amides is 1. The Bertz CT molecular complexity index is 623. The first-order valence-electron chi connectivity index (χ1n) is 9.10. The van der Waals surface area contributed by atoms with Crippen LogP contribution in [0.15, 0.2) is 0 Å². The summed E-state index contributed by atoms with van der Waals surface area (Å²) >= 11 is 0. The molecule has 0 aromatic carbocycles. The molecule has 0 aromatic heterocycles. The fraction of sp³-hybridized carbons (Fsp3) is 0.706. The maximum atomic E-state index is 12.4. The molecule has 0 saturated carbocycles. The molecule has 0 bridgehead atoms. The van der Waals surface area contributed by atoms with Crippen molar-refractivity contribution in [3.8, 4) is 0 Å². The van der Waals surface area contributed by atoms with Gasteiger partial charge in [0.15, 0.2) is 0 Å². The van der Waals surface area contributed by atoms with Crippen LogP contribution >= 0.6 is 0 Å².